The third-order valence-electron chi connectivity index (χ3n) is 10.3. The van der Waals surface area contributed by atoms with Crippen LogP contribution in [-0.2, 0) is 28.9 Å². The highest BCUT2D eigenvalue weighted by Gasteiger charge is 2.49. The number of nitrogens with zero attached hydrogens (tertiary/aromatic N) is 5. The van der Waals surface area contributed by atoms with Gasteiger partial charge in [0.15, 0.2) is 0 Å². The first kappa shape index (κ1) is 30.0. The predicted molar refractivity (Wildman–Crippen MR) is 167 cm³/mol. The number of aromatic nitrogens is 2. The molecule has 0 spiro atoms. The monoisotopic (exact) mass is 621 g/mol. The van der Waals surface area contributed by atoms with Gasteiger partial charge in [-0.05, 0) is 68.2 Å². The largest absolute Gasteiger partial charge is 0.508 e. The molecule has 5 heterocycles. The van der Waals surface area contributed by atoms with E-state index >= 15 is 0 Å². The third kappa shape index (κ3) is 5.42. The van der Waals surface area contributed by atoms with Gasteiger partial charge in [0.1, 0.15) is 30.2 Å². The van der Waals surface area contributed by atoms with E-state index in [1.165, 1.54) is 13.2 Å². The zero-order valence-corrected chi connectivity index (χ0v) is 26.0. The lowest BCUT2D eigenvalue weighted by Gasteiger charge is -2.37. The van der Waals surface area contributed by atoms with Gasteiger partial charge < -0.3 is 24.4 Å². The number of alkyl halides is 1. The summed E-state index contributed by atoms with van der Waals surface area (Å²) < 4.78 is 40.9. The summed E-state index contributed by atoms with van der Waals surface area (Å²) in [6, 6.07) is 6.79. The van der Waals surface area contributed by atoms with Gasteiger partial charge in [-0.1, -0.05) is 13.0 Å². The molecule has 240 valence electrons. The van der Waals surface area contributed by atoms with Crippen molar-refractivity contribution in [2.24, 2.45) is 5.92 Å². The Bertz CT molecular complexity index is 1620. The van der Waals surface area contributed by atoms with Gasteiger partial charge in [0.2, 0.25) is 0 Å². The molecule has 0 saturated carbocycles. The summed E-state index contributed by atoms with van der Waals surface area (Å²) in [6.07, 6.45) is 4.22. The van der Waals surface area contributed by atoms with Crippen LogP contribution in [0.15, 0.2) is 24.3 Å². The van der Waals surface area contributed by atoms with Crippen LogP contribution < -0.4 is 14.5 Å². The summed E-state index contributed by atoms with van der Waals surface area (Å²) in [7, 11) is 1.42. The number of phenols is 1. The van der Waals surface area contributed by atoms with Gasteiger partial charge >= 0.3 is 12.0 Å². The van der Waals surface area contributed by atoms with Gasteiger partial charge in [0, 0.05) is 55.3 Å². The number of aromatic hydroxyl groups is 1. The Labute approximate surface area is 262 Å². The Morgan fingerprint density at radius 3 is 2.82 bits per heavy atom. The van der Waals surface area contributed by atoms with E-state index in [2.05, 4.69) is 14.7 Å². The van der Waals surface area contributed by atoms with E-state index < -0.39 is 6.17 Å². The molecule has 45 heavy (non-hydrogen) atoms. The summed E-state index contributed by atoms with van der Waals surface area (Å²) in [5, 5.41) is 12.2. The second-order valence-corrected chi connectivity index (χ2v) is 13.0. The van der Waals surface area contributed by atoms with Gasteiger partial charge in [-0.15, -0.1) is 0 Å². The first-order valence-electron chi connectivity index (χ1n) is 16.2. The Hall–Kier alpha value is -3.73. The minimum absolute atomic E-state index is 0.120. The molecular weight excluding hydrogens is 580 g/mol. The minimum Gasteiger partial charge on any atom is -0.508 e. The third-order valence-corrected chi connectivity index (χ3v) is 10.3. The second-order valence-electron chi connectivity index (χ2n) is 13.0. The lowest BCUT2D eigenvalue weighted by atomic mass is 9.95. The highest BCUT2D eigenvalue weighted by Crippen LogP contribution is 2.42. The van der Waals surface area contributed by atoms with Crippen molar-refractivity contribution in [3.63, 3.8) is 0 Å². The number of hydrogen-bond acceptors (Lipinski definition) is 9. The number of anilines is 2. The fourth-order valence-corrected chi connectivity index (χ4v) is 8.17. The van der Waals surface area contributed by atoms with Crippen LogP contribution in [0.25, 0.3) is 10.8 Å². The Balaban J connectivity index is 1.26. The van der Waals surface area contributed by atoms with Gasteiger partial charge in [0.05, 0.1) is 30.8 Å². The first-order valence-corrected chi connectivity index (χ1v) is 16.2. The number of rotatable bonds is 7. The SMILES string of the molecule is CCc1c(F)ccc2cc(O)cc(N3CCc4c(nc(OC[C@@]56CCCN5C[C@H](F)C6)nc4N4CCCC(C(=O)OC)C4)C3)c12. The molecule has 3 saturated heterocycles. The molecule has 9 nitrogen and oxygen atoms in total. The first-order chi connectivity index (χ1) is 21.8. The summed E-state index contributed by atoms with van der Waals surface area (Å²) in [4.78, 5) is 28.9. The molecule has 0 amide bonds. The summed E-state index contributed by atoms with van der Waals surface area (Å²) in [5.41, 5.74) is 2.83. The van der Waals surface area contributed by atoms with Gasteiger partial charge in [-0.3, -0.25) is 9.69 Å². The number of carbonyl (C=O) groups is 1. The number of phenolic OH excluding ortho intramolecular Hbond substituents is 1. The zero-order valence-electron chi connectivity index (χ0n) is 26.0. The summed E-state index contributed by atoms with van der Waals surface area (Å²) in [6.45, 7) is 5.84. The fraction of sp³-hybridized carbons (Fsp3) is 0.559. The summed E-state index contributed by atoms with van der Waals surface area (Å²) >= 11 is 0. The highest BCUT2D eigenvalue weighted by atomic mass is 19.1. The Morgan fingerprint density at radius 2 is 2.00 bits per heavy atom. The van der Waals surface area contributed by atoms with Crippen molar-refractivity contribution in [2.45, 2.75) is 70.1 Å². The maximum absolute atomic E-state index is 15.0. The average molecular weight is 622 g/mol. The van der Waals surface area contributed by atoms with Crippen molar-refractivity contribution in [1.29, 1.82) is 0 Å². The second kappa shape index (κ2) is 11.9. The number of benzene rings is 2. The number of hydrogen-bond donors (Lipinski definition) is 1. The normalized spacial score (nSPS) is 25.0. The molecule has 3 aromatic rings. The average Bonchev–Trinajstić information content (AvgIpc) is 3.58. The lowest BCUT2D eigenvalue weighted by molar-refractivity contribution is -0.145. The van der Waals surface area contributed by atoms with E-state index in [-0.39, 0.29) is 35.0 Å². The van der Waals surface area contributed by atoms with E-state index in [4.69, 9.17) is 19.4 Å². The van der Waals surface area contributed by atoms with Crippen LogP contribution in [0.1, 0.15) is 55.8 Å². The van der Waals surface area contributed by atoms with E-state index in [1.54, 1.807) is 18.2 Å². The van der Waals surface area contributed by atoms with E-state index in [0.29, 0.717) is 57.6 Å². The topological polar surface area (TPSA) is 91.3 Å². The molecule has 0 bridgehead atoms. The molecule has 1 aromatic heterocycles. The van der Waals surface area contributed by atoms with Crippen LogP contribution in [0.5, 0.6) is 11.8 Å². The molecule has 1 N–H and O–H groups in total. The van der Waals surface area contributed by atoms with Crippen LogP contribution in [0.4, 0.5) is 20.3 Å². The number of esters is 1. The van der Waals surface area contributed by atoms with Crippen molar-refractivity contribution in [2.75, 3.05) is 56.2 Å². The number of fused-ring (bicyclic) bond motifs is 3. The molecule has 0 aliphatic carbocycles. The minimum atomic E-state index is -0.860. The van der Waals surface area contributed by atoms with Crippen LogP contribution in [0.2, 0.25) is 0 Å². The van der Waals surface area contributed by atoms with Crippen LogP contribution in [0, 0.1) is 11.7 Å². The number of aryl methyl sites for hydroxylation is 1. The van der Waals surface area contributed by atoms with Crippen LogP contribution in [0.3, 0.4) is 0 Å². The lowest BCUT2D eigenvalue weighted by Crippen LogP contribution is -2.44. The number of piperidine rings is 1. The zero-order chi connectivity index (χ0) is 31.3. The van der Waals surface area contributed by atoms with Crippen molar-refractivity contribution >= 4 is 28.2 Å². The molecule has 0 radical (unpaired) electrons. The Morgan fingerprint density at radius 1 is 1.13 bits per heavy atom. The summed E-state index contributed by atoms with van der Waals surface area (Å²) in [5.74, 6) is 0.158. The molecule has 2 aromatic carbocycles. The van der Waals surface area contributed by atoms with Crippen LogP contribution in [-0.4, -0.2) is 84.1 Å². The quantitative estimate of drug-likeness (QED) is 0.369. The predicted octanol–water partition coefficient (Wildman–Crippen LogP) is 4.94. The molecule has 1 unspecified atom stereocenters. The molecule has 3 atom stereocenters. The van der Waals surface area contributed by atoms with Crippen molar-refractivity contribution in [3.05, 3.63) is 46.9 Å². The van der Waals surface area contributed by atoms with E-state index in [1.807, 2.05) is 6.92 Å². The van der Waals surface area contributed by atoms with E-state index in [9.17, 15) is 18.7 Å². The molecule has 11 heteroatoms. The molecule has 4 aliphatic rings. The van der Waals surface area contributed by atoms with Gasteiger partial charge in [-0.2, -0.15) is 9.97 Å². The molecule has 4 aliphatic heterocycles. The van der Waals surface area contributed by atoms with Crippen molar-refractivity contribution in [3.8, 4) is 11.8 Å². The van der Waals surface area contributed by atoms with Crippen LogP contribution >= 0.6 is 0 Å². The van der Waals surface area contributed by atoms with E-state index in [0.717, 1.165) is 72.3 Å². The van der Waals surface area contributed by atoms with Crippen molar-refractivity contribution < 1.29 is 28.2 Å². The number of ether oxygens (including phenoxy) is 2. The smallest absolute Gasteiger partial charge is 0.318 e. The maximum atomic E-state index is 15.0. The van der Waals surface area contributed by atoms with Gasteiger partial charge in [0.25, 0.3) is 0 Å². The number of carbonyl (C=O) groups excluding carboxylic acids is 1. The highest BCUT2D eigenvalue weighted by molar-refractivity contribution is 5.98. The molecule has 3 fully saturated rings. The fourth-order valence-electron chi connectivity index (χ4n) is 8.17. The number of methoxy groups -OCH3 is 1. The molecular formula is C34H41F2N5O4. The number of halogens is 2. The van der Waals surface area contributed by atoms with Gasteiger partial charge in [-0.25, -0.2) is 8.78 Å². The van der Waals surface area contributed by atoms with Crippen molar-refractivity contribution in [1.82, 2.24) is 14.9 Å². The maximum Gasteiger partial charge on any atom is 0.318 e. The molecule has 7 rings (SSSR count). The standard InChI is InChI=1S/C34H41F2N5O4/c1-3-25-27(36)8-7-21-14-24(42)15-29(30(21)25)39-13-9-26-28(19-39)37-33(45-20-34-10-5-12-41(34)18-23(35)16-34)38-31(26)40-11-4-6-22(17-40)32(43)44-2/h7-8,14-15,22-23,42H,3-6,9-13,16-20H2,1-2H3/t22?,23-,34+/m1/s1. The Kier molecular flexibility index (Phi) is 7.91.